The van der Waals surface area contributed by atoms with Gasteiger partial charge < -0.3 is 15.0 Å². The van der Waals surface area contributed by atoms with E-state index in [0.29, 0.717) is 17.8 Å². The number of nitrogens with one attached hydrogen (secondary N) is 2. The zero-order valence-corrected chi connectivity index (χ0v) is 15.7. The molecule has 0 saturated heterocycles. The van der Waals surface area contributed by atoms with Crippen LogP contribution in [0.15, 0.2) is 48.5 Å². The first kappa shape index (κ1) is 20.4. The molecule has 144 valence electrons. The van der Waals surface area contributed by atoms with Gasteiger partial charge in [-0.05, 0) is 56.9 Å². The van der Waals surface area contributed by atoms with E-state index in [0.717, 1.165) is 5.56 Å². The number of carbonyl (C=O) groups is 2. The van der Waals surface area contributed by atoms with Crippen LogP contribution in [0.2, 0.25) is 0 Å². The minimum Gasteiger partial charge on any atom is -0.450 e. The van der Waals surface area contributed by atoms with Crippen LogP contribution in [0.5, 0.6) is 0 Å². The van der Waals surface area contributed by atoms with Gasteiger partial charge in [0.15, 0.2) is 0 Å². The predicted octanol–water partition coefficient (Wildman–Crippen LogP) is 3.43. The first-order valence-corrected chi connectivity index (χ1v) is 8.64. The Morgan fingerprint density at radius 2 is 1.89 bits per heavy atom. The van der Waals surface area contributed by atoms with E-state index in [1.807, 2.05) is 25.1 Å². The van der Waals surface area contributed by atoms with Crippen molar-refractivity contribution in [2.75, 3.05) is 32.6 Å². The molecule has 2 N–H and O–H groups in total. The molecule has 0 bridgehead atoms. The molecule has 0 spiro atoms. The molecule has 2 aromatic carbocycles. The number of hydrogen-bond acceptors (Lipinski definition) is 4. The first-order chi connectivity index (χ1) is 12.9. The summed E-state index contributed by atoms with van der Waals surface area (Å²) in [6.07, 6.45) is -0.575. The Bertz CT molecular complexity index is 796. The molecule has 0 aliphatic heterocycles. The summed E-state index contributed by atoms with van der Waals surface area (Å²) in [7, 11) is 3.73. The SMILES string of the molecule is CCOC(=O)Nc1cccc(C(=O)NCC(c2cccc(F)c2)N(C)C)c1. The molecule has 27 heavy (non-hydrogen) atoms. The summed E-state index contributed by atoms with van der Waals surface area (Å²) < 4.78 is 18.3. The van der Waals surface area contributed by atoms with Gasteiger partial charge in [-0.25, -0.2) is 9.18 Å². The minimum absolute atomic E-state index is 0.175. The van der Waals surface area contributed by atoms with Gasteiger partial charge >= 0.3 is 6.09 Å². The molecule has 0 saturated carbocycles. The average molecular weight is 373 g/mol. The third-order valence-electron chi connectivity index (χ3n) is 3.96. The second-order valence-corrected chi connectivity index (χ2v) is 6.17. The molecular formula is C20H24FN3O3. The van der Waals surface area contributed by atoms with E-state index in [1.165, 1.54) is 12.1 Å². The molecule has 0 fully saturated rings. The monoisotopic (exact) mass is 373 g/mol. The van der Waals surface area contributed by atoms with Gasteiger partial charge in [0.1, 0.15) is 5.82 Å². The maximum absolute atomic E-state index is 13.5. The Morgan fingerprint density at radius 1 is 1.15 bits per heavy atom. The van der Waals surface area contributed by atoms with Crippen molar-refractivity contribution < 1.29 is 18.7 Å². The van der Waals surface area contributed by atoms with Gasteiger partial charge in [-0.15, -0.1) is 0 Å². The molecule has 6 nitrogen and oxygen atoms in total. The van der Waals surface area contributed by atoms with Crippen LogP contribution in [0, 0.1) is 5.82 Å². The molecule has 0 aromatic heterocycles. The lowest BCUT2D eigenvalue weighted by Crippen LogP contribution is -2.34. The number of anilines is 1. The summed E-state index contributed by atoms with van der Waals surface area (Å²) in [5, 5.41) is 5.42. The fraction of sp³-hybridized carbons (Fsp3) is 0.300. The van der Waals surface area contributed by atoms with Gasteiger partial charge in [-0.1, -0.05) is 18.2 Å². The van der Waals surface area contributed by atoms with Crippen LogP contribution in [0.3, 0.4) is 0 Å². The Morgan fingerprint density at radius 3 is 2.56 bits per heavy atom. The van der Waals surface area contributed by atoms with Gasteiger partial charge in [-0.3, -0.25) is 10.1 Å². The van der Waals surface area contributed by atoms with Gasteiger partial charge in [0, 0.05) is 17.8 Å². The molecule has 7 heteroatoms. The highest BCUT2D eigenvalue weighted by Gasteiger charge is 2.17. The summed E-state index contributed by atoms with van der Waals surface area (Å²) >= 11 is 0. The molecule has 0 heterocycles. The van der Waals surface area contributed by atoms with Gasteiger partial charge in [0.2, 0.25) is 0 Å². The van der Waals surface area contributed by atoms with Crippen molar-refractivity contribution >= 4 is 17.7 Å². The number of rotatable bonds is 7. The first-order valence-electron chi connectivity index (χ1n) is 8.64. The topological polar surface area (TPSA) is 70.7 Å². The molecule has 1 atom stereocenters. The van der Waals surface area contributed by atoms with Gasteiger partial charge in [0.05, 0.1) is 12.6 Å². The van der Waals surface area contributed by atoms with E-state index in [-0.39, 0.29) is 24.4 Å². The Balaban J connectivity index is 2.04. The fourth-order valence-corrected chi connectivity index (χ4v) is 2.63. The van der Waals surface area contributed by atoms with E-state index < -0.39 is 6.09 Å². The smallest absolute Gasteiger partial charge is 0.411 e. The number of benzene rings is 2. The summed E-state index contributed by atoms with van der Waals surface area (Å²) in [6, 6.07) is 12.7. The lowest BCUT2D eigenvalue weighted by Gasteiger charge is -2.25. The van der Waals surface area contributed by atoms with Crippen molar-refractivity contribution in [3.63, 3.8) is 0 Å². The number of ether oxygens (including phenoxy) is 1. The normalized spacial score (nSPS) is 11.7. The zero-order valence-electron chi connectivity index (χ0n) is 15.7. The highest BCUT2D eigenvalue weighted by molar-refractivity contribution is 5.96. The molecule has 0 aliphatic rings. The minimum atomic E-state index is -0.575. The van der Waals surface area contributed by atoms with Gasteiger partial charge in [-0.2, -0.15) is 0 Å². The molecule has 0 radical (unpaired) electrons. The maximum Gasteiger partial charge on any atom is 0.411 e. The lowest BCUT2D eigenvalue weighted by molar-refractivity contribution is 0.0941. The fourth-order valence-electron chi connectivity index (χ4n) is 2.63. The van der Waals surface area contributed by atoms with Crippen LogP contribution in [0.25, 0.3) is 0 Å². The molecule has 2 amide bonds. The predicted molar refractivity (Wildman–Crippen MR) is 102 cm³/mol. The number of likely N-dealkylation sites (N-methyl/N-ethyl adjacent to an activating group) is 1. The second-order valence-electron chi connectivity index (χ2n) is 6.17. The maximum atomic E-state index is 13.5. The van der Waals surface area contributed by atoms with Crippen LogP contribution in [-0.4, -0.2) is 44.1 Å². The average Bonchev–Trinajstić information content (AvgIpc) is 2.62. The van der Waals surface area contributed by atoms with Crippen molar-refractivity contribution in [3.8, 4) is 0 Å². The largest absolute Gasteiger partial charge is 0.450 e. The summed E-state index contributed by atoms with van der Waals surface area (Å²) in [5.41, 5.74) is 1.65. The number of halogens is 1. The number of amides is 2. The van der Waals surface area contributed by atoms with E-state index in [9.17, 15) is 14.0 Å². The van der Waals surface area contributed by atoms with Crippen LogP contribution in [0.1, 0.15) is 28.9 Å². The highest BCUT2D eigenvalue weighted by atomic mass is 19.1. The lowest BCUT2D eigenvalue weighted by atomic mass is 10.1. The molecule has 2 rings (SSSR count). The van der Waals surface area contributed by atoms with Crippen molar-refractivity contribution in [2.24, 2.45) is 0 Å². The highest BCUT2D eigenvalue weighted by Crippen LogP contribution is 2.19. The van der Waals surface area contributed by atoms with Crippen molar-refractivity contribution in [3.05, 3.63) is 65.5 Å². The van der Waals surface area contributed by atoms with Crippen molar-refractivity contribution in [1.82, 2.24) is 10.2 Å². The summed E-state index contributed by atoms with van der Waals surface area (Å²) in [5.74, 6) is -0.603. The van der Waals surface area contributed by atoms with Crippen LogP contribution in [0.4, 0.5) is 14.9 Å². The summed E-state index contributed by atoms with van der Waals surface area (Å²) in [4.78, 5) is 25.9. The van der Waals surface area contributed by atoms with E-state index >= 15 is 0 Å². The van der Waals surface area contributed by atoms with Crippen molar-refractivity contribution in [1.29, 1.82) is 0 Å². The summed E-state index contributed by atoms with van der Waals surface area (Å²) in [6.45, 7) is 2.28. The van der Waals surface area contributed by atoms with E-state index in [1.54, 1.807) is 37.3 Å². The van der Waals surface area contributed by atoms with Crippen LogP contribution < -0.4 is 10.6 Å². The third-order valence-corrected chi connectivity index (χ3v) is 3.96. The molecule has 0 aliphatic carbocycles. The van der Waals surface area contributed by atoms with Crippen molar-refractivity contribution in [2.45, 2.75) is 13.0 Å². The van der Waals surface area contributed by atoms with Gasteiger partial charge in [0.25, 0.3) is 5.91 Å². The van der Waals surface area contributed by atoms with Crippen LogP contribution >= 0.6 is 0 Å². The Kier molecular flexibility index (Phi) is 7.31. The third kappa shape index (κ3) is 6.07. The standard InChI is InChI=1S/C20H24FN3O3/c1-4-27-20(26)23-17-10-6-8-15(12-17)19(25)22-13-18(24(2)3)14-7-5-9-16(21)11-14/h5-12,18H,4,13H2,1-3H3,(H,22,25)(H,23,26). The second kappa shape index (κ2) is 9.68. The van der Waals surface area contributed by atoms with E-state index in [2.05, 4.69) is 10.6 Å². The quantitative estimate of drug-likeness (QED) is 0.780. The van der Waals surface area contributed by atoms with Crippen LogP contribution in [-0.2, 0) is 4.74 Å². The number of carbonyl (C=O) groups excluding carboxylic acids is 2. The Labute approximate surface area is 158 Å². The number of nitrogens with zero attached hydrogens (tertiary/aromatic N) is 1. The Hall–Kier alpha value is -2.93. The number of hydrogen-bond donors (Lipinski definition) is 2. The molecular weight excluding hydrogens is 349 g/mol. The van der Waals surface area contributed by atoms with E-state index in [4.69, 9.17) is 4.74 Å². The molecule has 1 unspecified atom stereocenters. The molecule has 2 aromatic rings. The zero-order chi connectivity index (χ0) is 19.8.